The first-order valence-corrected chi connectivity index (χ1v) is 11.7. The molecule has 0 unspecified atom stereocenters. The summed E-state index contributed by atoms with van der Waals surface area (Å²) in [7, 11) is 0. The van der Waals surface area contributed by atoms with Crippen molar-refractivity contribution in [3.05, 3.63) is 46.0 Å². The van der Waals surface area contributed by atoms with E-state index in [1.54, 1.807) is 11.3 Å². The Morgan fingerprint density at radius 3 is 2.77 bits per heavy atom. The molecule has 0 bridgehead atoms. The lowest BCUT2D eigenvalue weighted by Gasteiger charge is -2.34. The van der Waals surface area contributed by atoms with E-state index < -0.39 is 0 Å². The van der Waals surface area contributed by atoms with E-state index in [0.717, 1.165) is 61.8 Å². The zero-order chi connectivity index (χ0) is 21.1. The number of anilines is 1. The number of aromatic nitrogens is 1. The van der Waals surface area contributed by atoms with E-state index >= 15 is 0 Å². The molecule has 4 rings (SSSR count). The van der Waals surface area contributed by atoms with Gasteiger partial charge in [-0.15, -0.1) is 11.3 Å². The van der Waals surface area contributed by atoms with Crippen LogP contribution in [0, 0.1) is 12.8 Å². The molecule has 1 aromatic carbocycles. The zero-order valence-electron chi connectivity index (χ0n) is 17.8. The van der Waals surface area contributed by atoms with Crippen molar-refractivity contribution in [3.8, 4) is 0 Å². The lowest BCUT2D eigenvalue weighted by Crippen LogP contribution is -2.48. The highest BCUT2D eigenvalue weighted by Crippen LogP contribution is 2.34. The van der Waals surface area contributed by atoms with Crippen LogP contribution in [0.4, 0.5) is 5.13 Å². The van der Waals surface area contributed by atoms with Gasteiger partial charge < -0.3 is 15.1 Å². The fourth-order valence-corrected chi connectivity index (χ4v) is 5.48. The van der Waals surface area contributed by atoms with E-state index in [9.17, 15) is 9.59 Å². The summed E-state index contributed by atoms with van der Waals surface area (Å²) < 4.78 is 0. The molecule has 2 aliphatic rings. The molecule has 0 spiro atoms. The quantitative estimate of drug-likeness (QED) is 0.798. The van der Waals surface area contributed by atoms with E-state index in [1.807, 2.05) is 17.9 Å². The Kier molecular flexibility index (Phi) is 6.37. The number of aryl methyl sites for hydroxylation is 2. The molecule has 30 heavy (non-hydrogen) atoms. The van der Waals surface area contributed by atoms with Crippen molar-refractivity contribution in [2.75, 3.05) is 31.1 Å². The standard InChI is InChI=1S/C23H30N4O2S/c1-3-21(28)26-9-11-27(12-10-26)23-25-19-8-7-18(14-20(19)30-23)22(29)24-15-17-6-4-5-16(2)13-17/h4-6,13,18H,3,7-12,14-15H2,1-2H3,(H,24,29)/t18-/m1/s1. The van der Waals surface area contributed by atoms with E-state index in [-0.39, 0.29) is 17.7 Å². The van der Waals surface area contributed by atoms with Crippen molar-refractivity contribution >= 4 is 28.3 Å². The molecule has 1 atom stereocenters. The maximum atomic E-state index is 12.7. The predicted octanol–water partition coefficient (Wildman–Crippen LogP) is 2.93. The molecule has 160 valence electrons. The van der Waals surface area contributed by atoms with Gasteiger partial charge in [-0.2, -0.15) is 0 Å². The van der Waals surface area contributed by atoms with Crippen LogP contribution >= 0.6 is 11.3 Å². The average Bonchev–Trinajstić information content (AvgIpc) is 3.20. The smallest absolute Gasteiger partial charge is 0.223 e. The fourth-order valence-electron chi connectivity index (χ4n) is 4.25. The van der Waals surface area contributed by atoms with Crippen molar-refractivity contribution < 1.29 is 9.59 Å². The highest BCUT2D eigenvalue weighted by atomic mass is 32.1. The molecule has 7 heteroatoms. The second-order valence-electron chi connectivity index (χ2n) is 8.23. The SMILES string of the molecule is CCC(=O)N1CCN(c2nc3c(s2)C[C@H](C(=O)NCc2cccc(C)c2)CC3)CC1. The van der Waals surface area contributed by atoms with Crippen LogP contribution in [0.3, 0.4) is 0 Å². The van der Waals surface area contributed by atoms with E-state index in [1.165, 1.54) is 10.4 Å². The lowest BCUT2D eigenvalue weighted by molar-refractivity contribution is -0.131. The maximum absolute atomic E-state index is 12.7. The molecule has 0 saturated carbocycles. The highest BCUT2D eigenvalue weighted by Gasteiger charge is 2.29. The van der Waals surface area contributed by atoms with Crippen LogP contribution in [0.25, 0.3) is 0 Å². The lowest BCUT2D eigenvalue weighted by atomic mass is 9.90. The Morgan fingerprint density at radius 1 is 1.23 bits per heavy atom. The minimum Gasteiger partial charge on any atom is -0.352 e. The maximum Gasteiger partial charge on any atom is 0.223 e. The minimum atomic E-state index is 0.0228. The molecule has 1 fully saturated rings. The van der Waals surface area contributed by atoms with Crippen molar-refractivity contribution in [1.82, 2.24) is 15.2 Å². The number of rotatable bonds is 5. The van der Waals surface area contributed by atoms with Gasteiger partial charge in [0.1, 0.15) is 0 Å². The van der Waals surface area contributed by atoms with Crippen molar-refractivity contribution in [2.45, 2.75) is 46.1 Å². The number of hydrogen-bond acceptors (Lipinski definition) is 5. The van der Waals surface area contributed by atoms with Crippen LogP contribution in [0.15, 0.2) is 24.3 Å². The number of nitrogens with zero attached hydrogens (tertiary/aromatic N) is 3. The number of carbonyl (C=O) groups is 2. The van der Waals surface area contributed by atoms with Gasteiger partial charge in [-0.1, -0.05) is 36.8 Å². The Balaban J connectivity index is 1.33. The summed E-state index contributed by atoms with van der Waals surface area (Å²) >= 11 is 1.73. The van der Waals surface area contributed by atoms with Crippen LogP contribution in [0.1, 0.15) is 41.5 Å². The summed E-state index contributed by atoms with van der Waals surface area (Å²) in [4.78, 5) is 35.0. The van der Waals surface area contributed by atoms with Gasteiger partial charge in [-0.3, -0.25) is 9.59 Å². The van der Waals surface area contributed by atoms with Gasteiger partial charge in [-0.25, -0.2) is 4.98 Å². The number of amides is 2. The van der Waals surface area contributed by atoms with Crippen LogP contribution in [-0.2, 0) is 29.0 Å². The van der Waals surface area contributed by atoms with E-state index in [0.29, 0.717) is 13.0 Å². The summed E-state index contributed by atoms with van der Waals surface area (Å²) in [5, 5.41) is 4.16. The second-order valence-corrected chi connectivity index (χ2v) is 9.30. The van der Waals surface area contributed by atoms with Gasteiger partial charge in [0, 0.05) is 49.9 Å². The second kappa shape index (κ2) is 9.16. The molecule has 1 aliphatic carbocycles. The first-order chi connectivity index (χ1) is 14.5. The number of nitrogens with one attached hydrogen (secondary N) is 1. The predicted molar refractivity (Wildman–Crippen MR) is 120 cm³/mol. The zero-order valence-corrected chi connectivity index (χ0v) is 18.6. The number of piperazine rings is 1. The van der Waals surface area contributed by atoms with Crippen molar-refractivity contribution in [1.29, 1.82) is 0 Å². The normalized spacial score (nSPS) is 18.8. The number of hydrogen-bond donors (Lipinski definition) is 1. The van der Waals surface area contributed by atoms with Gasteiger partial charge in [0.2, 0.25) is 11.8 Å². The van der Waals surface area contributed by atoms with Gasteiger partial charge in [0.25, 0.3) is 0 Å². The van der Waals surface area contributed by atoms with Crippen LogP contribution < -0.4 is 10.2 Å². The van der Waals surface area contributed by atoms with Gasteiger partial charge in [0.05, 0.1) is 5.69 Å². The molecule has 1 aromatic heterocycles. The number of carbonyl (C=O) groups excluding carboxylic acids is 2. The highest BCUT2D eigenvalue weighted by molar-refractivity contribution is 7.15. The molecular weight excluding hydrogens is 396 g/mol. The Morgan fingerprint density at radius 2 is 2.03 bits per heavy atom. The first kappa shape index (κ1) is 20.8. The first-order valence-electron chi connectivity index (χ1n) is 10.9. The summed E-state index contributed by atoms with van der Waals surface area (Å²) in [5.41, 5.74) is 3.51. The molecule has 2 amide bonds. The molecule has 1 aliphatic heterocycles. The van der Waals surface area contributed by atoms with Crippen molar-refractivity contribution in [3.63, 3.8) is 0 Å². The molecule has 1 saturated heterocycles. The molecule has 0 radical (unpaired) electrons. The van der Waals surface area contributed by atoms with Gasteiger partial charge >= 0.3 is 0 Å². The van der Waals surface area contributed by atoms with Crippen LogP contribution in [0.5, 0.6) is 0 Å². The third-order valence-corrected chi connectivity index (χ3v) is 7.23. The largest absolute Gasteiger partial charge is 0.352 e. The number of fused-ring (bicyclic) bond motifs is 1. The summed E-state index contributed by atoms with van der Waals surface area (Å²) in [5.74, 6) is 0.394. The molecule has 2 heterocycles. The molecule has 2 aromatic rings. The molecular formula is C23H30N4O2S. The van der Waals surface area contributed by atoms with Gasteiger partial charge in [0.15, 0.2) is 5.13 Å². The Bertz CT molecular complexity index is 918. The van der Waals surface area contributed by atoms with Gasteiger partial charge in [-0.05, 0) is 31.7 Å². The molecule has 1 N–H and O–H groups in total. The summed E-state index contributed by atoms with van der Waals surface area (Å²) in [6, 6.07) is 8.26. The average molecular weight is 427 g/mol. The monoisotopic (exact) mass is 426 g/mol. The Labute approximate surface area is 182 Å². The van der Waals surface area contributed by atoms with Crippen molar-refractivity contribution in [2.24, 2.45) is 5.92 Å². The van der Waals surface area contributed by atoms with Crippen LogP contribution in [-0.4, -0.2) is 47.9 Å². The van der Waals surface area contributed by atoms with E-state index in [4.69, 9.17) is 4.98 Å². The Hall–Kier alpha value is -2.41. The number of benzene rings is 1. The summed E-state index contributed by atoms with van der Waals surface area (Å²) in [6.07, 6.45) is 3.07. The number of thiazole rings is 1. The van der Waals surface area contributed by atoms with Crippen LogP contribution in [0.2, 0.25) is 0 Å². The fraction of sp³-hybridized carbons (Fsp3) is 0.522. The summed E-state index contributed by atoms with van der Waals surface area (Å²) in [6.45, 7) is 7.76. The topological polar surface area (TPSA) is 65.5 Å². The minimum absolute atomic E-state index is 0.0228. The third kappa shape index (κ3) is 4.67. The molecule has 6 nitrogen and oxygen atoms in total. The third-order valence-electron chi connectivity index (χ3n) is 6.05. The van der Waals surface area contributed by atoms with E-state index in [2.05, 4.69) is 35.3 Å².